The fraction of sp³-hybridized carbons (Fsp3) is 0.917. The summed E-state index contributed by atoms with van der Waals surface area (Å²) in [6.07, 6.45) is 8.33. The van der Waals surface area contributed by atoms with Crippen LogP contribution in [0.2, 0.25) is 0 Å². The topological polar surface area (TPSA) is 3.24 Å². The van der Waals surface area contributed by atoms with E-state index in [2.05, 4.69) is 25.2 Å². The third kappa shape index (κ3) is 2.07. The Morgan fingerprint density at radius 2 is 2.00 bits per heavy atom. The van der Waals surface area contributed by atoms with E-state index < -0.39 is 0 Å². The van der Waals surface area contributed by atoms with Gasteiger partial charge in [0.1, 0.15) is 0 Å². The number of nitrogens with zero attached hydrogens (tertiary/aromatic N) is 1. The molecule has 1 heterocycles. The van der Waals surface area contributed by atoms with Crippen LogP contribution in [0.4, 0.5) is 0 Å². The van der Waals surface area contributed by atoms with Crippen LogP contribution in [0.3, 0.4) is 0 Å². The van der Waals surface area contributed by atoms with Gasteiger partial charge in [0, 0.05) is 12.6 Å². The molecule has 2 aliphatic rings. The van der Waals surface area contributed by atoms with E-state index >= 15 is 0 Å². The Hall–Kier alpha value is -0.0400. The van der Waals surface area contributed by atoms with Crippen molar-refractivity contribution in [3.8, 4) is 0 Å². The number of hydrogen-bond donors (Lipinski definition) is 0. The zero-order chi connectivity index (χ0) is 9.26. The standard InChI is InChI=1S/C12H22N/c1-10(2)11-6-8-13(9-7-11)12-4-3-5-12/h6,10-12H,3-5,7-9H2,1-2H3. The lowest BCUT2D eigenvalue weighted by atomic mass is 9.84. The van der Waals surface area contributed by atoms with Crippen LogP contribution >= 0.6 is 0 Å². The molecular formula is C12H22N. The predicted octanol–water partition coefficient (Wildman–Crippen LogP) is 2.72. The Morgan fingerprint density at radius 3 is 2.38 bits per heavy atom. The van der Waals surface area contributed by atoms with Crippen molar-refractivity contribution in [3.05, 3.63) is 6.42 Å². The Morgan fingerprint density at radius 1 is 1.23 bits per heavy atom. The van der Waals surface area contributed by atoms with E-state index in [1.165, 1.54) is 38.8 Å². The van der Waals surface area contributed by atoms with Crippen molar-refractivity contribution in [2.24, 2.45) is 11.8 Å². The summed E-state index contributed by atoms with van der Waals surface area (Å²) in [5, 5.41) is 0. The molecule has 0 spiro atoms. The average molecular weight is 180 g/mol. The van der Waals surface area contributed by atoms with Crippen molar-refractivity contribution in [2.75, 3.05) is 13.1 Å². The van der Waals surface area contributed by atoms with Crippen molar-refractivity contribution in [3.63, 3.8) is 0 Å². The maximum absolute atomic E-state index is 2.68. The third-order valence-electron chi connectivity index (χ3n) is 3.84. The molecule has 1 heteroatoms. The lowest BCUT2D eigenvalue weighted by Gasteiger charge is -2.42. The minimum atomic E-state index is 0.851. The molecule has 1 nitrogen and oxygen atoms in total. The average Bonchev–Trinajstić information content (AvgIpc) is 2.02. The van der Waals surface area contributed by atoms with Crippen LogP contribution in [-0.2, 0) is 0 Å². The lowest BCUT2D eigenvalue weighted by molar-refractivity contribution is 0.101. The van der Waals surface area contributed by atoms with E-state index in [0.717, 1.165) is 17.9 Å². The van der Waals surface area contributed by atoms with Crippen molar-refractivity contribution in [1.29, 1.82) is 0 Å². The largest absolute Gasteiger partial charge is 0.300 e. The monoisotopic (exact) mass is 180 g/mol. The van der Waals surface area contributed by atoms with Gasteiger partial charge in [0.15, 0.2) is 0 Å². The molecule has 0 aromatic carbocycles. The first-order valence-corrected chi connectivity index (χ1v) is 5.85. The van der Waals surface area contributed by atoms with Crippen LogP contribution in [0, 0.1) is 18.3 Å². The first kappa shape index (κ1) is 9.51. The number of hydrogen-bond acceptors (Lipinski definition) is 1. The van der Waals surface area contributed by atoms with Crippen LogP contribution in [0.15, 0.2) is 0 Å². The number of piperidine rings is 1. The first-order chi connectivity index (χ1) is 6.27. The second kappa shape index (κ2) is 4.00. The molecule has 1 aliphatic carbocycles. The zero-order valence-electron chi connectivity index (χ0n) is 9.00. The fourth-order valence-electron chi connectivity index (χ4n) is 2.48. The normalized spacial score (nSPS) is 27.9. The summed E-state index contributed by atoms with van der Waals surface area (Å²) in [5.74, 6) is 1.74. The summed E-state index contributed by atoms with van der Waals surface area (Å²) in [7, 11) is 0. The zero-order valence-corrected chi connectivity index (χ0v) is 9.00. The smallest absolute Gasteiger partial charge is 0.00953 e. The molecule has 1 saturated heterocycles. The van der Waals surface area contributed by atoms with Gasteiger partial charge in [0.05, 0.1) is 0 Å². The summed E-state index contributed by atoms with van der Waals surface area (Å²) in [4.78, 5) is 2.68. The highest BCUT2D eigenvalue weighted by Gasteiger charge is 2.29. The summed E-state index contributed by atoms with van der Waals surface area (Å²) >= 11 is 0. The van der Waals surface area contributed by atoms with Gasteiger partial charge in [0.25, 0.3) is 0 Å². The molecule has 2 fully saturated rings. The Labute approximate surface area is 82.5 Å². The van der Waals surface area contributed by atoms with Gasteiger partial charge in [0.2, 0.25) is 0 Å². The van der Waals surface area contributed by atoms with E-state index in [1.54, 1.807) is 0 Å². The summed E-state index contributed by atoms with van der Waals surface area (Å²) in [5.41, 5.74) is 0. The predicted molar refractivity (Wildman–Crippen MR) is 56.5 cm³/mol. The van der Waals surface area contributed by atoms with Crippen molar-refractivity contribution >= 4 is 0 Å². The van der Waals surface area contributed by atoms with Crippen molar-refractivity contribution in [1.82, 2.24) is 4.90 Å². The highest BCUT2D eigenvalue weighted by molar-refractivity contribution is 4.92. The molecule has 13 heavy (non-hydrogen) atoms. The minimum Gasteiger partial charge on any atom is -0.300 e. The lowest BCUT2D eigenvalue weighted by Crippen LogP contribution is -2.45. The molecule has 0 bridgehead atoms. The van der Waals surface area contributed by atoms with E-state index in [4.69, 9.17) is 0 Å². The summed E-state index contributed by atoms with van der Waals surface area (Å²) < 4.78 is 0. The van der Waals surface area contributed by atoms with E-state index in [1.807, 2.05) is 0 Å². The molecular weight excluding hydrogens is 158 g/mol. The fourth-order valence-corrected chi connectivity index (χ4v) is 2.48. The maximum Gasteiger partial charge on any atom is 0.00953 e. The highest BCUT2D eigenvalue weighted by atomic mass is 15.2. The van der Waals surface area contributed by atoms with Gasteiger partial charge < -0.3 is 4.90 Å². The minimum absolute atomic E-state index is 0.851. The molecule has 2 rings (SSSR count). The molecule has 1 unspecified atom stereocenters. The molecule has 0 aromatic rings. The van der Waals surface area contributed by atoms with Crippen molar-refractivity contribution < 1.29 is 0 Å². The van der Waals surface area contributed by atoms with Gasteiger partial charge >= 0.3 is 0 Å². The Bertz CT molecular complexity index is 153. The van der Waals surface area contributed by atoms with E-state index in [0.29, 0.717) is 0 Å². The number of rotatable bonds is 2. The number of likely N-dealkylation sites (tertiary alicyclic amines) is 1. The van der Waals surface area contributed by atoms with Crippen LogP contribution in [0.1, 0.15) is 39.5 Å². The molecule has 1 aliphatic heterocycles. The SMILES string of the molecule is CC(C)C1[CH]CN(C2CCC2)CC1. The van der Waals surface area contributed by atoms with Gasteiger partial charge in [-0.2, -0.15) is 0 Å². The molecule has 1 atom stereocenters. The molecule has 0 amide bonds. The summed E-state index contributed by atoms with van der Waals surface area (Å²) in [6, 6.07) is 0.948. The van der Waals surface area contributed by atoms with Gasteiger partial charge in [-0.3, -0.25) is 0 Å². The van der Waals surface area contributed by atoms with Gasteiger partial charge in [-0.15, -0.1) is 0 Å². The van der Waals surface area contributed by atoms with Crippen LogP contribution < -0.4 is 0 Å². The van der Waals surface area contributed by atoms with Crippen LogP contribution in [-0.4, -0.2) is 24.0 Å². The van der Waals surface area contributed by atoms with Gasteiger partial charge in [-0.05, 0) is 44.1 Å². The Balaban J connectivity index is 1.75. The van der Waals surface area contributed by atoms with Crippen LogP contribution in [0.5, 0.6) is 0 Å². The maximum atomic E-state index is 2.68. The van der Waals surface area contributed by atoms with E-state index in [-0.39, 0.29) is 0 Å². The third-order valence-corrected chi connectivity index (χ3v) is 3.84. The molecule has 0 aromatic heterocycles. The molecule has 1 saturated carbocycles. The highest BCUT2D eigenvalue weighted by Crippen LogP contribution is 2.30. The second-order valence-electron chi connectivity index (χ2n) is 5.01. The van der Waals surface area contributed by atoms with Crippen LogP contribution in [0.25, 0.3) is 0 Å². The second-order valence-corrected chi connectivity index (χ2v) is 5.01. The molecule has 75 valence electrons. The van der Waals surface area contributed by atoms with Gasteiger partial charge in [-0.25, -0.2) is 0 Å². The molecule has 0 N–H and O–H groups in total. The summed E-state index contributed by atoms with van der Waals surface area (Å²) in [6.45, 7) is 7.30. The Kier molecular flexibility index (Phi) is 2.92. The quantitative estimate of drug-likeness (QED) is 0.631. The first-order valence-electron chi connectivity index (χ1n) is 5.85. The molecule has 1 radical (unpaired) electrons. The van der Waals surface area contributed by atoms with Crippen molar-refractivity contribution in [2.45, 2.75) is 45.6 Å². The van der Waals surface area contributed by atoms with Gasteiger partial charge in [-0.1, -0.05) is 20.3 Å². The van der Waals surface area contributed by atoms with E-state index in [9.17, 15) is 0 Å².